The van der Waals surface area contributed by atoms with Gasteiger partial charge in [-0.3, -0.25) is 4.79 Å². The number of carbonyl (C=O) groups excluding carboxylic acids is 1. The van der Waals surface area contributed by atoms with Crippen LogP contribution in [0.1, 0.15) is 36.5 Å². The standard InChI is InChI=1S/C13H18N2O4/c1-2-3-4-9(14)12(17)15-10-7-8(13(18)19)5-6-11(10)16/h5-7,9,16H,2-4,14H2,1H3,(H,15,17)(H,18,19). The van der Waals surface area contributed by atoms with Gasteiger partial charge in [-0.05, 0) is 24.6 Å². The lowest BCUT2D eigenvalue weighted by molar-refractivity contribution is -0.117. The van der Waals surface area contributed by atoms with Crippen molar-refractivity contribution in [2.75, 3.05) is 5.32 Å². The molecule has 1 rings (SSSR count). The van der Waals surface area contributed by atoms with E-state index >= 15 is 0 Å². The van der Waals surface area contributed by atoms with Crippen molar-refractivity contribution in [3.8, 4) is 5.75 Å². The topological polar surface area (TPSA) is 113 Å². The Morgan fingerprint density at radius 1 is 1.42 bits per heavy atom. The first-order valence-electron chi connectivity index (χ1n) is 6.08. The van der Waals surface area contributed by atoms with E-state index in [1.807, 2.05) is 6.92 Å². The summed E-state index contributed by atoms with van der Waals surface area (Å²) in [4.78, 5) is 22.6. The van der Waals surface area contributed by atoms with Crippen LogP contribution in [-0.2, 0) is 4.79 Å². The molecule has 0 bridgehead atoms. The Bertz CT molecular complexity index is 474. The molecule has 0 aliphatic rings. The first-order valence-corrected chi connectivity index (χ1v) is 6.08. The van der Waals surface area contributed by atoms with Crippen LogP contribution < -0.4 is 11.1 Å². The van der Waals surface area contributed by atoms with E-state index < -0.39 is 17.9 Å². The molecule has 1 atom stereocenters. The number of carbonyl (C=O) groups is 2. The molecule has 0 heterocycles. The number of nitrogens with two attached hydrogens (primary N) is 1. The lowest BCUT2D eigenvalue weighted by atomic mass is 10.1. The first-order chi connectivity index (χ1) is 8.95. The number of carboxylic acid groups (broad SMARTS) is 1. The first kappa shape index (κ1) is 15.0. The molecule has 0 aromatic heterocycles. The number of nitrogens with one attached hydrogen (secondary N) is 1. The van der Waals surface area contributed by atoms with E-state index in [2.05, 4.69) is 5.32 Å². The summed E-state index contributed by atoms with van der Waals surface area (Å²) < 4.78 is 0. The Morgan fingerprint density at radius 2 is 2.11 bits per heavy atom. The maximum atomic E-state index is 11.8. The maximum Gasteiger partial charge on any atom is 0.335 e. The molecule has 0 spiro atoms. The van der Waals surface area contributed by atoms with Gasteiger partial charge in [0, 0.05) is 0 Å². The van der Waals surface area contributed by atoms with Crippen molar-refractivity contribution in [2.24, 2.45) is 5.73 Å². The van der Waals surface area contributed by atoms with Crippen LogP contribution in [-0.4, -0.2) is 28.1 Å². The van der Waals surface area contributed by atoms with Crippen molar-refractivity contribution in [2.45, 2.75) is 32.2 Å². The van der Waals surface area contributed by atoms with Crippen molar-refractivity contribution in [3.63, 3.8) is 0 Å². The lowest BCUT2D eigenvalue weighted by Gasteiger charge is -2.13. The van der Waals surface area contributed by atoms with E-state index in [4.69, 9.17) is 10.8 Å². The molecule has 5 N–H and O–H groups in total. The highest BCUT2D eigenvalue weighted by Gasteiger charge is 2.15. The second kappa shape index (κ2) is 6.75. The number of phenols is 1. The Labute approximate surface area is 111 Å². The molecule has 1 amide bonds. The Morgan fingerprint density at radius 3 is 2.68 bits per heavy atom. The molecule has 19 heavy (non-hydrogen) atoms. The quantitative estimate of drug-likeness (QED) is 0.583. The molecule has 1 aromatic rings. The Kier molecular flexibility index (Phi) is 5.32. The average Bonchev–Trinajstić information content (AvgIpc) is 2.38. The fraction of sp³-hybridized carbons (Fsp3) is 0.385. The lowest BCUT2D eigenvalue weighted by Crippen LogP contribution is -2.35. The fourth-order valence-electron chi connectivity index (χ4n) is 1.55. The minimum Gasteiger partial charge on any atom is -0.506 e. The third kappa shape index (κ3) is 4.26. The highest BCUT2D eigenvalue weighted by Crippen LogP contribution is 2.24. The van der Waals surface area contributed by atoms with E-state index in [1.165, 1.54) is 18.2 Å². The van der Waals surface area contributed by atoms with Crippen LogP contribution in [0.2, 0.25) is 0 Å². The number of anilines is 1. The molecule has 0 saturated heterocycles. The van der Waals surface area contributed by atoms with Gasteiger partial charge in [-0.1, -0.05) is 19.8 Å². The summed E-state index contributed by atoms with van der Waals surface area (Å²) in [5.41, 5.74) is 5.72. The largest absolute Gasteiger partial charge is 0.506 e. The summed E-state index contributed by atoms with van der Waals surface area (Å²) in [7, 11) is 0. The van der Waals surface area contributed by atoms with Crippen LogP contribution >= 0.6 is 0 Å². The Hall–Kier alpha value is -2.08. The number of benzene rings is 1. The van der Waals surface area contributed by atoms with Gasteiger partial charge in [-0.25, -0.2) is 4.79 Å². The molecular formula is C13H18N2O4. The molecule has 0 aliphatic heterocycles. The highest BCUT2D eigenvalue weighted by molar-refractivity contribution is 5.97. The van der Waals surface area contributed by atoms with Crippen LogP contribution in [0, 0.1) is 0 Å². The third-order valence-electron chi connectivity index (χ3n) is 2.71. The molecule has 0 fully saturated rings. The maximum absolute atomic E-state index is 11.8. The SMILES string of the molecule is CCCCC(N)C(=O)Nc1cc(C(=O)O)ccc1O. The molecule has 0 aliphatic carbocycles. The summed E-state index contributed by atoms with van der Waals surface area (Å²) in [6.45, 7) is 1.99. The Balaban J connectivity index is 2.78. The molecule has 6 nitrogen and oxygen atoms in total. The number of hydrogen-bond donors (Lipinski definition) is 4. The number of phenolic OH excluding ortho intramolecular Hbond substituents is 1. The van der Waals surface area contributed by atoms with Crippen molar-refractivity contribution < 1.29 is 19.8 Å². The van der Waals surface area contributed by atoms with Gasteiger partial charge in [0.2, 0.25) is 5.91 Å². The van der Waals surface area contributed by atoms with E-state index in [9.17, 15) is 14.7 Å². The van der Waals surface area contributed by atoms with Crippen LogP contribution in [0.5, 0.6) is 5.75 Å². The number of unbranched alkanes of at least 4 members (excludes halogenated alkanes) is 1. The summed E-state index contributed by atoms with van der Waals surface area (Å²) in [5, 5.41) is 20.9. The van der Waals surface area contributed by atoms with Gasteiger partial charge < -0.3 is 21.3 Å². The van der Waals surface area contributed by atoms with E-state index in [0.29, 0.717) is 6.42 Å². The predicted molar refractivity (Wildman–Crippen MR) is 71.2 cm³/mol. The second-order valence-electron chi connectivity index (χ2n) is 4.28. The summed E-state index contributed by atoms with van der Waals surface area (Å²) >= 11 is 0. The van der Waals surface area contributed by atoms with Gasteiger partial charge >= 0.3 is 5.97 Å². The number of amides is 1. The van der Waals surface area contributed by atoms with Gasteiger partial charge in [-0.2, -0.15) is 0 Å². The average molecular weight is 266 g/mol. The van der Waals surface area contributed by atoms with E-state index in [-0.39, 0.29) is 17.0 Å². The van der Waals surface area contributed by atoms with E-state index in [0.717, 1.165) is 12.8 Å². The molecule has 1 aromatic carbocycles. The summed E-state index contributed by atoms with van der Waals surface area (Å²) in [6.07, 6.45) is 2.30. The molecule has 1 unspecified atom stereocenters. The van der Waals surface area contributed by atoms with Crippen LogP contribution in [0.25, 0.3) is 0 Å². The number of carboxylic acids is 1. The van der Waals surface area contributed by atoms with Gasteiger partial charge in [0.15, 0.2) is 0 Å². The zero-order valence-electron chi connectivity index (χ0n) is 10.7. The van der Waals surface area contributed by atoms with Gasteiger partial charge in [0.1, 0.15) is 5.75 Å². The van der Waals surface area contributed by atoms with Crippen LogP contribution in [0.15, 0.2) is 18.2 Å². The van der Waals surface area contributed by atoms with E-state index in [1.54, 1.807) is 0 Å². The molecule has 104 valence electrons. The number of aromatic carboxylic acids is 1. The predicted octanol–water partition coefficient (Wildman–Crippen LogP) is 1.55. The number of hydrogen-bond acceptors (Lipinski definition) is 4. The summed E-state index contributed by atoms with van der Waals surface area (Å²) in [5.74, 6) is -1.77. The minimum atomic E-state index is -1.13. The fourth-order valence-corrected chi connectivity index (χ4v) is 1.55. The van der Waals surface area contributed by atoms with Gasteiger partial charge in [0.25, 0.3) is 0 Å². The molecule has 0 saturated carbocycles. The zero-order valence-corrected chi connectivity index (χ0v) is 10.7. The molecular weight excluding hydrogens is 248 g/mol. The van der Waals surface area contributed by atoms with Crippen LogP contribution in [0.4, 0.5) is 5.69 Å². The smallest absolute Gasteiger partial charge is 0.335 e. The minimum absolute atomic E-state index is 0.0183. The number of rotatable bonds is 6. The van der Waals surface area contributed by atoms with Gasteiger partial charge in [0.05, 0.1) is 17.3 Å². The molecule has 0 radical (unpaired) electrons. The molecule has 6 heteroatoms. The van der Waals surface area contributed by atoms with Crippen LogP contribution in [0.3, 0.4) is 0 Å². The van der Waals surface area contributed by atoms with Crippen molar-refractivity contribution in [1.29, 1.82) is 0 Å². The zero-order chi connectivity index (χ0) is 14.4. The monoisotopic (exact) mass is 266 g/mol. The third-order valence-corrected chi connectivity index (χ3v) is 2.71. The highest BCUT2D eigenvalue weighted by atomic mass is 16.4. The van der Waals surface area contributed by atoms with Crippen molar-refractivity contribution >= 4 is 17.6 Å². The van der Waals surface area contributed by atoms with Crippen molar-refractivity contribution in [3.05, 3.63) is 23.8 Å². The van der Waals surface area contributed by atoms with Crippen molar-refractivity contribution in [1.82, 2.24) is 0 Å². The summed E-state index contributed by atoms with van der Waals surface area (Å²) in [6, 6.07) is 3.00. The normalized spacial score (nSPS) is 11.9. The second-order valence-corrected chi connectivity index (χ2v) is 4.28. The number of aromatic hydroxyl groups is 1. The van der Waals surface area contributed by atoms with Gasteiger partial charge in [-0.15, -0.1) is 0 Å².